The normalized spacial score (nSPS) is 21.5. The minimum atomic E-state index is -0.932. The lowest BCUT2D eigenvalue weighted by Crippen LogP contribution is -2.27. The van der Waals surface area contributed by atoms with E-state index in [9.17, 15) is 9.90 Å². The van der Waals surface area contributed by atoms with Crippen molar-refractivity contribution in [1.29, 1.82) is 0 Å². The summed E-state index contributed by atoms with van der Waals surface area (Å²) >= 11 is 0. The molecule has 1 fully saturated rings. The van der Waals surface area contributed by atoms with Gasteiger partial charge in [-0.05, 0) is 32.1 Å². The highest BCUT2D eigenvalue weighted by atomic mass is 16.4. The number of fused-ring (bicyclic) bond motifs is 1. The predicted octanol–water partition coefficient (Wildman–Crippen LogP) is 2.50. The molecule has 102 valence electrons. The lowest BCUT2D eigenvalue weighted by molar-refractivity contribution is 0.0696. The van der Waals surface area contributed by atoms with E-state index in [-0.39, 0.29) is 5.56 Å². The van der Waals surface area contributed by atoms with Crippen LogP contribution in [-0.2, 0) is 6.42 Å². The summed E-state index contributed by atoms with van der Waals surface area (Å²) in [4.78, 5) is 11.2. The van der Waals surface area contributed by atoms with Gasteiger partial charge in [-0.25, -0.2) is 4.79 Å². The molecule has 5 heteroatoms. The van der Waals surface area contributed by atoms with Crippen LogP contribution in [0.15, 0.2) is 15.8 Å². The Morgan fingerprint density at radius 1 is 1.21 bits per heavy atom. The lowest BCUT2D eigenvalue weighted by Gasteiger charge is -2.26. The molecule has 5 nitrogen and oxygen atoms in total. The quantitative estimate of drug-likeness (QED) is 0.889. The van der Waals surface area contributed by atoms with Crippen molar-refractivity contribution in [2.75, 3.05) is 13.1 Å². The molecule has 3 rings (SSSR count). The van der Waals surface area contributed by atoms with Crippen LogP contribution >= 0.6 is 0 Å². The number of hydrogen-bond donors (Lipinski definition) is 1. The van der Waals surface area contributed by atoms with Crippen LogP contribution in [0.25, 0.3) is 0 Å². The number of hydrogen-bond acceptors (Lipinski definition) is 4. The number of nitrogens with zero attached hydrogens (tertiary/aromatic N) is 2. The fourth-order valence-corrected chi connectivity index (χ4v) is 2.85. The van der Waals surface area contributed by atoms with E-state index in [2.05, 4.69) is 10.1 Å². The first kappa shape index (κ1) is 12.3. The SMILES string of the molecule is O=C(O)c1coc2c1/C(=N\N1CCCCC1)CCC2. The molecule has 0 atom stereocenters. The number of rotatable bonds is 2. The Hall–Kier alpha value is -1.78. The second-order valence-electron chi connectivity index (χ2n) is 5.17. The maximum Gasteiger partial charge on any atom is 0.339 e. The van der Waals surface area contributed by atoms with Gasteiger partial charge in [0.25, 0.3) is 0 Å². The highest BCUT2D eigenvalue weighted by molar-refractivity contribution is 6.09. The van der Waals surface area contributed by atoms with Crippen LogP contribution in [0.1, 0.15) is 53.8 Å². The van der Waals surface area contributed by atoms with Gasteiger partial charge in [0.1, 0.15) is 17.6 Å². The first-order valence-electron chi connectivity index (χ1n) is 6.92. The summed E-state index contributed by atoms with van der Waals surface area (Å²) in [7, 11) is 0. The summed E-state index contributed by atoms with van der Waals surface area (Å²) in [6, 6.07) is 0. The number of carboxylic acid groups (broad SMARTS) is 1. The highest BCUT2D eigenvalue weighted by Gasteiger charge is 2.27. The van der Waals surface area contributed by atoms with Crippen molar-refractivity contribution in [3.8, 4) is 0 Å². The van der Waals surface area contributed by atoms with Crippen LogP contribution < -0.4 is 0 Å². The number of hydrazone groups is 1. The van der Waals surface area contributed by atoms with Crippen molar-refractivity contribution >= 4 is 11.7 Å². The van der Waals surface area contributed by atoms with Gasteiger partial charge in [0, 0.05) is 19.5 Å². The molecule has 0 amide bonds. The van der Waals surface area contributed by atoms with Gasteiger partial charge in [-0.1, -0.05) is 0 Å². The van der Waals surface area contributed by atoms with E-state index in [4.69, 9.17) is 4.42 Å². The summed E-state index contributed by atoms with van der Waals surface area (Å²) in [6.07, 6.45) is 7.57. The topological polar surface area (TPSA) is 66.0 Å². The maximum atomic E-state index is 11.2. The monoisotopic (exact) mass is 262 g/mol. The average Bonchev–Trinajstić information content (AvgIpc) is 2.85. The van der Waals surface area contributed by atoms with Gasteiger partial charge in [0.15, 0.2) is 0 Å². The number of aryl methyl sites for hydroxylation is 1. The molecular weight excluding hydrogens is 244 g/mol. The molecule has 1 aliphatic carbocycles. The Morgan fingerprint density at radius 2 is 2.00 bits per heavy atom. The van der Waals surface area contributed by atoms with Gasteiger partial charge in [-0.15, -0.1) is 0 Å². The molecule has 0 bridgehead atoms. The second-order valence-corrected chi connectivity index (χ2v) is 5.17. The Bertz CT molecular complexity index is 513. The molecule has 0 unspecified atom stereocenters. The molecular formula is C14H18N2O3. The van der Waals surface area contributed by atoms with Crippen molar-refractivity contribution in [3.05, 3.63) is 23.2 Å². The molecule has 19 heavy (non-hydrogen) atoms. The third-order valence-corrected chi connectivity index (χ3v) is 3.80. The van der Waals surface area contributed by atoms with E-state index >= 15 is 0 Å². The third kappa shape index (κ3) is 2.37. The fraction of sp³-hybridized carbons (Fsp3) is 0.571. The Morgan fingerprint density at radius 3 is 2.74 bits per heavy atom. The molecule has 1 aliphatic heterocycles. The first-order valence-corrected chi connectivity index (χ1v) is 6.92. The number of carboxylic acids is 1. The Balaban J connectivity index is 1.94. The average molecular weight is 262 g/mol. The predicted molar refractivity (Wildman–Crippen MR) is 70.6 cm³/mol. The van der Waals surface area contributed by atoms with Gasteiger partial charge in [0.2, 0.25) is 0 Å². The summed E-state index contributed by atoms with van der Waals surface area (Å²) in [5, 5.41) is 16.0. The van der Waals surface area contributed by atoms with Crippen LogP contribution in [0.3, 0.4) is 0 Å². The van der Waals surface area contributed by atoms with Crippen LogP contribution in [0, 0.1) is 0 Å². The van der Waals surface area contributed by atoms with Crippen LogP contribution in [-0.4, -0.2) is 34.9 Å². The molecule has 2 aliphatic rings. The van der Waals surface area contributed by atoms with Gasteiger partial charge in [-0.2, -0.15) is 5.10 Å². The summed E-state index contributed by atoms with van der Waals surface area (Å²) in [6.45, 7) is 1.94. The minimum absolute atomic E-state index is 0.255. The molecule has 0 saturated carbocycles. The van der Waals surface area contributed by atoms with Crippen molar-refractivity contribution in [3.63, 3.8) is 0 Å². The summed E-state index contributed by atoms with van der Waals surface area (Å²) < 4.78 is 5.39. The third-order valence-electron chi connectivity index (χ3n) is 3.80. The van der Waals surface area contributed by atoms with E-state index in [1.54, 1.807) is 0 Å². The Labute approximate surface area is 111 Å². The van der Waals surface area contributed by atoms with E-state index in [1.807, 2.05) is 0 Å². The number of furan rings is 1. The molecule has 1 N–H and O–H groups in total. The second kappa shape index (κ2) is 5.07. The lowest BCUT2D eigenvalue weighted by atomic mass is 9.93. The van der Waals surface area contributed by atoms with Gasteiger partial charge in [-0.3, -0.25) is 5.01 Å². The van der Waals surface area contributed by atoms with Crippen LogP contribution in [0.2, 0.25) is 0 Å². The summed E-state index contributed by atoms with van der Waals surface area (Å²) in [5.41, 5.74) is 1.86. The minimum Gasteiger partial charge on any atom is -0.478 e. The number of piperidine rings is 1. The zero-order valence-electron chi connectivity index (χ0n) is 10.9. The van der Waals surface area contributed by atoms with Gasteiger partial charge >= 0.3 is 5.97 Å². The van der Waals surface area contributed by atoms with E-state index < -0.39 is 5.97 Å². The first-order chi connectivity index (χ1) is 9.25. The molecule has 2 heterocycles. The number of aromatic carboxylic acids is 1. The molecule has 1 saturated heterocycles. The van der Waals surface area contributed by atoms with Crippen LogP contribution in [0.5, 0.6) is 0 Å². The van der Waals surface area contributed by atoms with Crippen molar-refractivity contribution in [2.24, 2.45) is 5.10 Å². The summed E-state index contributed by atoms with van der Waals surface area (Å²) in [5.74, 6) is -0.155. The molecule has 1 aromatic heterocycles. The van der Waals surface area contributed by atoms with Crippen molar-refractivity contribution in [2.45, 2.75) is 38.5 Å². The zero-order chi connectivity index (χ0) is 13.2. The highest BCUT2D eigenvalue weighted by Crippen LogP contribution is 2.27. The zero-order valence-corrected chi connectivity index (χ0v) is 10.9. The van der Waals surface area contributed by atoms with Gasteiger partial charge in [0.05, 0.1) is 11.3 Å². The maximum absolute atomic E-state index is 11.2. The fourth-order valence-electron chi connectivity index (χ4n) is 2.85. The van der Waals surface area contributed by atoms with Crippen molar-refractivity contribution < 1.29 is 14.3 Å². The van der Waals surface area contributed by atoms with Crippen molar-refractivity contribution in [1.82, 2.24) is 5.01 Å². The molecule has 1 aromatic rings. The largest absolute Gasteiger partial charge is 0.478 e. The standard InChI is InChI=1S/C14H18N2O3/c17-14(18)10-9-19-12-6-4-5-11(13(10)12)15-16-7-2-1-3-8-16/h9H,1-8H2,(H,17,18)/b15-11-. The Kier molecular flexibility index (Phi) is 3.27. The van der Waals surface area contributed by atoms with Crippen LogP contribution in [0.4, 0.5) is 0 Å². The van der Waals surface area contributed by atoms with E-state index in [0.717, 1.165) is 49.4 Å². The number of carbonyl (C=O) groups is 1. The van der Waals surface area contributed by atoms with Gasteiger partial charge < -0.3 is 9.52 Å². The van der Waals surface area contributed by atoms with E-state index in [0.29, 0.717) is 0 Å². The molecule has 0 aromatic carbocycles. The molecule has 0 radical (unpaired) electrons. The molecule has 0 spiro atoms. The smallest absolute Gasteiger partial charge is 0.339 e. The van der Waals surface area contributed by atoms with E-state index in [1.165, 1.54) is 25.5 Å².